The van der Waals surface area contributed by atoms with E-state index in [1.807, 2.05) is 6.20 Å². The van der Waals surface area contributed by atoms with E-state index in [0.717, 1.165) is 49.6 Å². The Labute approximate surface area is 162 Å². The molecule has 2 aliphatic heterocycles. The van der Waals surface area contributed by atoms with E-state index in [4.69, 9.17) is 9.47 Å². The molecule has 1 fully saturated rings. The fraction of sp³-hybridized carbons (Fsp3) is 0.450. The van der Waals surface area contributed by atoms with Crippen molar-refractivity contribution in [2.24, 2.45) is 0 Å². The first-order chi connectivity index (χ1) is 13.7. The van der Waals surface area contributed by atoms with Crippen LogP contribution in [0.1, 0.15) is 24.1 Å². The van der Waals surface area contributed by atoms with Crippen LogP contribution in [0.3, 0.4) is 0 Å². The molecule has 7 nitrogen and oxygen atoms in total. The van der Waals surface area contributed by atoms with Crippen molar-refractivity contribution in [3.05, 3.63) is 47.5 Å². The highest BCUT2D eigenvalue weighted by molar-refractivity contribution is 5.77. The minimum atomic E-state index is -0.472. The Hall–Kier alpha value is -2.74. The van der Waals surface area contributed by atoms with E-state index in [1.165, 1.54) is 12.1 Å². The van der Waals surface area contributed by atoms with Gasteiger partial charge < -0.3 is 19.7 Å². The fourth-order valence-corrected chi connectivity index (χ4v) is 3.47. The van der Waals surface area contributed by atoms with Crippen molar-refractivity contribution in [1.82, 2.24) is 15.3 Å². The molecule has 0 atom stereocenters. The third-order valence-corrected chi connectivity index (χ3v) is 5.02. The molecule has 3 heterocycles. The molecule has 1 amide bonds. The molecule has 0 saturated carbocycles. The molecule has 2 aliphatic rings. The molecule has 0 spiro atoms. The van der Waals surface area contributed by atoms with Gasteiger partial charge in [0.25, 0.3) is 5.91 Å². The van der Waals surface area contributed by atoms with Crippen molar-refractivity contribution in [3.63, 3.8) is 0 Å². The Balaban J connectivity index is 1.25. The molecule has 0 unspecified atom stereocenters. The molecule has 4 rings (SSSR count). The SMILES string of the molecule is O=C(COc1ccccc1F)NC1CCN(c2ncc3c(n2)CCOC3)CC1. The van der Waals surface area contributed by atoms with Gasteiger partial charge in [-0.2, -0.15) is 0 Å². The van der Waals surface area contributed by atoms with Crippen LogP contribution < -0.4 is 15.0 Å². The van der Waals surface area contributed by atoms with E-state index >= 15 is 0 Å². The lowest BCUT2D eigenvalue weighted by Gasteiger charge is -2.32. The molecule has 0 radical (unpaired) electrons. The van der Waals surface area contributed by atoms with Crippen molar-refractivity contribution in [2.75, 3.05) is 31.2 Å². The number of carbonyl (C=O) groups excluding carboxylic acids is 1. The summed E-state index contributed by atoms with van der Waals surface area (Å²) in [5.41, 5.74) is 2.13. The maximum absolute atomic E-state index is 13.5. The number of halogens is 1. The first-order valence-electron chi connectivity index (χ1n) is 9.53. The number of piperidine rings is 1. The van der Waals surface area contributed by atoms with E-state index in [1.54, 1.807) is 12.1 Å². The Morgan fingerprint density at radius 2 is 2.14 bits per heavy atom. The lowest BCUT2D eigenvalue weighted by atomic mass is 10.1. The molecular weight excluding hydrogens is 363 g/mol. The molecule has 2 aromatic rings. The number of hydrogen-bond acceptors (Lipinski definition) is 6. The maximum Gasteiger partial charge on any atom is 0.258 e. The van der Waals surface area contributed by atoms with Gasteiger partial charge in [0.15, 0.2) is 18.2 Å². The lowest BCUT2D eigenvalue weighted by molar-refractivity contribution is -0.124. The van der Waals surface area contributed by atoms with Crippen molar-refractivity contribution >= 4 is 11.9 Å². The summed E-state index contributed by atoms with van der Waals surface area (Å²) in [5.74, 6) is 0.114. The number of aromatic nitrogens is 2. The molecule has 1 aromatic carbocycles. The Kier molecular flexibility index (Phi) is 5.66. The molecule has 0 bridgehead atoms. The number of amides is 1. The normalized spacial score (nSPS) is 17.1. The average Bonchev–Trinajstić information content (AvgIpc) is 2.73. The molecular formula is C20H23FN4O3. The molecule has 1 N–H and O–H groups in total. The smallest absolute Gasteiger partial charge is 0.258 e. The highest BCUT2D eigenvalue weighted by atomic mass is 19.1. The van der Waals surface area contributed by atoms with E-state index in [-0.39, 0.29) is 24.3 Å². The number of ether oxygens (including phenoxy) is 2. The van der Waals surface area contributed by atoms with E-state index in [9.17, 15) is 9.18 Å². The van der Waals surface area contributed by atoms with Crippen LogP contribution in [0.25, 0.3) is 0 Å². The van der Waals surface area contributed by atoms with Gasteiger partial charge in [-0.05, 0) is 25.0 Å². The second kappa shape index (κ2) is 8.52. The number of hydrogen-bond donors (Lipinski definition) is 1. The topological polar surface area (TPSA) is 76.6 Å². The third kappa shape index (κ3) is 4.39. The number of fused-ring (bicyclic) bond motifs is 1. The molecule has 148 valence electrons. The fourth-order valence-electron chi connectivity index (χ4n) is 3.47. The van der Waals surface area contributed by atoms with Crippen molar-refractivity contribution in [3.8, 4) is 5.75 Å². The quantitative estimate of drug-likeness (QED) is 0.845. The molecule has 1 aromatic heterocycles. The minimum absolute atomic E-state index is 0.0685. The zero-order chi connectivity index (χ0) is 19.3. The summed E-state index contributed by atoms with van der Waals surface area (Å²) < 4.78 is 24.2. The van der Waals surface area contributed by atoms with Gasteiger partial charge in [0, 0.05) is 37.3 Å². The second-order valence-corrected chi connectivity index (χ2v) is 6.99. The number of para-hydroxylation sites is 1. The van der Waals surface area contributed by atoms with Crippen LogP contribution in [0.15, 0.2) is 30.5 Å². The number of benzene rings is 1. The van der Waals surface area contributed by atoms with Gasteiger partial charge in [0.1, 0.15) is 0 Å². The van der Waals surface area contributed by atoms with E-state index in [2.05, 4.69) is 20.2 Å². The average molecular weight is 386 g/mol. The van der Waals surface area contributed by atoms with Crippen molar-refractivity contribution < 1.29 is 18.7 Å². The Morgan fingerprint density at radius 1 is 1.32 bits per heavy atom. The molecule has 0 aliphatic carbocycles. The maximum atomic E-state index is 13.5. The minimum Gasteiger partial charge on any atom is -0.481 e. The summed E-state index contributed by atoms with van der Waals surface area (Å²) in [5, 5.41) is 2.96. The van der Waals surface area contributed by atoms with Crippen LogP contribution in [0.4, 0.5) is 10.3 Å². The van der Waals surface area contributed by atoms with E-state index < -0.39 is 5.82 Å². The first kappa shape index (κ1) is 18.6. The monoisotopic (exact) mass is 386 g/mol. The van der Waals surface area contributed by atoms with Gasteiger partial charge >= 0.3 is 0 Å². The summed E-state index contributed by atoms with van der Waals surface area (Å²) in [6.45, 7) is 2.63. The van der Waals surface area contributed by atoms with Gasteiger partial charge in [-0.1, -0.05) is 12.1 Å². The summed E-state index contributed by atoms with van der Waals surface area (Å²) in [4.78, 5) is 23.4. The summed E-state index contributed by atoms with van der Waals surface area (Å²) >= 11 is 0. The number of rotatable bonds is 5. The van der Waals surface area contributed by atoms with Gasteiger partial charge in [-0.15, -0.1) is 0 Å². The lowest BCUT2D eigenvalue weighted by Crippen LogP contribution is -2.46. The zero-order valence-electron chi connectivity index (χ0n) is 15.6. The van der Waals surface area contributed by atoms with Crippen LogP contribution in [0.5, 0.6) is 5.75 Å². The molecule has 1 saturated heterocycles. The Bertz CT molecular complexity index is 840. The summed E-state index contributed by atoms with van der Waals surface area (Å²) in [7, 11) is 0. The van der Waals surface area contributed by atoms with Crippen LogP contribution >= 0.6 is 0 Å². The molecule has 8 heteroatoms. The summed E-state index contributed by atoms with van der Waals surface area (Å²) in [6.07, 6.45) is 4.27. The number of nitrogens with zero attached hydrogens (tertiary/aromatic N) is 3. The highest BCUT2D eigenvalue weighted by Gasteiger charge is 2.23. The first-order valence-corrected chi connectivity index (χ1v) is 9.53. The van der Waals surface area contributed by atoms with Gasteiger partial charge in [0.2, 0.25) is 5.95 Å². The van der Waals surface area contributed by atoms with Crippen molar-refractivity contribution in [1.29, 1.82) is 0 Å². The van der Waals surface area contributed by atoms with E-state index in [0.29, 0.717) is 13.2 Å². The number of anilines is 1. The predicted molar refractivity (Wildman–Crippen MR) is 101 cm³/mol. The number of nitrogens with one attached hydrogen (secondary N) is 1. The number of carbonyl (C=O) groups is 1. The second-order valence-electron chi connectivity index (χ2n) is 6.99. The van der Waals surface area contributed by atoms with Crippen LogP contribution in [0.2, 0.25) is 0 Å². The standard InChI is InChI=1S/C20H23FN4O3/c21-16-3-1-2-4-18(16)28-13-19(26)23-15-5-8-25(9-6-15)20-22-11-14-12-27-10-7-17(14)24-20/h1-4,11,15H,5-10,12-13H2,(H,23,26). The molecule has 28 heavy (non-hydrogen) atoms. The largest absolute Gasteiger partial charge is 0.481 e. The van der Waals surface area contributed by atoms with Crippen LogP contribution in [-0.2, 0) is 22.6 Å². The van der Waals surface area contributed by atoms with Crippen LogP contribution in [-0.4, -0.2) is 48.2 Å². The predicted octanol–water partition coefficient (Wildman–Crippen LogP) is 1.85. The third-order valence-electron chi connectivity index (χ3n) is 5.02. The van der Waals surface area contributed by atoms with Gasteiger partial charge in [0.05, 0.1) is 18.9 Å². The zero-order valence-corrected chi connectivity index (χ0v) is 15.6. The van der Waals surface area contributed by atoms with Crippen LogP contribution in [0, 0.1) is 5.82 Å². The van der Waals surface area contributed by atoms with Gasteiger partial charge in [-0.25, -0.2) is 14.4 Å². The highest BCUT2D eigenvalue weighted by Crippen LogP contribution is 2.20. The Morgan fingerprint density at radius 3 is 2.96 bits per heavy atom. The summed E-state index contributed by atoms with van der Waals surface area (Å²) in [6, 6.07) is 6.13. The van der Waals surface area contributed by atoms with Gasteiger partial charge in [-0.3, -0.25) is 4.79 Å². The van der Waals surface area contributed by atoms with Crippen molar-refractivity contribution in [2.45, 2.75) is 31.9 Å².